The van der Waals surface area contributed by atoms with Crippen LogP contribution in [0, 0.1) is 0 Å². The molecule has 0 aliphatic carbocycles. The number of rotatable bonds is 3. The first-order valence-corrected chi connectivity index (χ1v) is 3.01. The van der Waals surface area contributed by atoms with Crippen molar-refractivity contribution in [1.29, 1.82) is 0 Å². The van der Waals surface area contributed by atoms with Gasteiger partial charge in [0.05, 0.1) is 0 Å². The smallest absolute Gasteiger partial charge is 1.00 e. The zero-order chi connectivity index (χ0) is 4.83. The Bertz CT molecular complexity index is 26.0. The quantitative estimate of drug-likeness (QED) is 0.304. The largest absolute Gasteiger partial charge is 1.00 e. The number of ether oxygens (including phenoxy) is 1. The fraction of sp³-hybridized carbons (Fsp3) is 1.00. The summed E-state index contributed by atoms with van der Waals surface area (Å²) in [6.45, 7) is 3.72. The van der Waals surface area contributed by atoms with E-state index in [-0.39, 0.29) is 24.8 Å². The first-order chi connectivity index (χ1) is 2.91. The Morgan fingerprint density at radius 1 is 1.38 bits per heavy atom. The molecule has 0 aliphatic rings. The van der Waals surface area contributed by atoms with E-state index in [0.29, 0.717) is 0 Å². The zero-order valence-electron chi connectivity index (χ0n) is 4.86. The molecule has 0 unspecified atom stereocenters. The van der Waals surface area contributed by atoms with Crippen molar-refractivity contribution in [3.63, 3.8) is 0 Å². The summed E-state index contributed by atoms with van der Waals surface area (Å²) in [4.78, 5) is 0. The Kier molecular flexibility index (Phi) is 31.5. The molecule has 0 bridgehead atoms. The van der Waals surface area contributed by atoms with Gasteiger partial charge in [-0.25, -0.2) is 0 Å². The van der Waals surface area contributed by atoms with Gasteiger partial charge in [-0.15, -0.1) is 0 Å². The van der Waals surface area contributed by atoms with E-state index in [2.05, 4.69) is 16.3 Å². The van der Waals surface area contributed by atoms with Gasteiger partial charge in [-0.2, -0.15) is 0 Å². The molecular weight excluding hydrogens is 162 g/mol. The van der Waals surface area contributed by atoms with Crippen LogP contribution in [0.5, 0.6) is 0 Å². The van der Waals surface area contributed by atoms with Gasteiger partial charge in [-0.1, -0.05) is 0 Å². The first-order valence-electron chi connectivity index (χ1n) is 2.19. The van der Waals surface area contributed by atoms with Gasteiger partial charge in [-0.05, 0) is 0 Å². The molecule has 0 radical (unpaired) electrons. The summed E-state index contributed by atoms with van der Waals surface area (Å²) in [6, 6.07) is 0. The molecule has 8 heavy (non-hydrogen) atoms. The van der Waals surface area contributed by atoms with E-state index >= 15 is 0 Å². The molecule has 0 N–H and O–H groups in total. The van der Waals surface area contributed by atoms with Crippen LogP contribution in [0.4, 0.5) is 0 Å². The molecule has 0 amide bonds. The van der Waals surface area contributed by atoms with Crippen molar-refractivity contribution < 1.29 is 29.6 Å². The summed E-state index contributed by atoms with van der Waals surface area (Å²) in [5.41, 5.74) is 0. The van der Waals surface area contributed by atoms with Gasteiger partial charge >= 0.3 is 46.4 Å². The van der Waals surface area contributed by atoms with Crippen molar-refractivity contribution in [2.75, 3.05) is 13.2 Å². The van der Waals surface area contributed by atoms with Crippen LogP contribution in [-0.4, -0.2) is 29.5 Å². The molecule has 0 saturated carbocycles. The van der Waals surface area contributed by atoms with Crippen molar-refractivity contribution >= 4 is 16.3 Å². The maximum atomic E-state index is 4.96. The summed E-state index contributed by atoms with van der Waals surface area (Å²) in [7, 11) is 0. The minimum Gasteiger partial charge on any atom is -1.00 e. The first kappa shape index (κ1) is 16.0. The Balaban J connectivity index is -0.000000125. The third-order valence-corrected chi connectivity index (χ3v) is 0.702. The minimum atomic E-state index is 0. The molecule has 48 valence electrons. The average molecular weight is 171 g/mol. The molecule has 1 nitrogen and oxygen atoms in total. The standard InChI is InChI=1S/C4H9O.Al.2ClH/c1-3-5-4-2;;;/h1,3-4H2,2H3;;2*1H/q;+2;;/p-2. The monoisotopic (exact) mass is 170 g/mol. The van der Waals surface area contributed by atoms with Crippen LogP contribution < -0.4 is 24.8 Å². The van der Waals surface area contributed by atoms with E-state index in [1.54, 1.807) is 0 Å². The van der Waals surface area contributed by atoms with Crippen LogP contribution in [-0.2, 0) is 4.74 Å². The maximum Gasteiger partial charge on any atom is -1.00 e. The molecule has 0 atom stereocenters. The molecular formula is C4H9AlCl2O. The molecule has 0 spiro atoms. The normalized spacial score (nSPS) is 6.88. The number of halogens is 2. The van der Waals surface area contributed by atoms with Gasteiger partial charge in [0.25, 0.3) is 0 Å². The summed E-state index contributed by atoms with van der Waals surface area (Å²) in [6.07, 6.45) is 0. The van der Waals surface area contributed by atoms with Crippen LogP contribution in [0.25, 0.3) is 0 Å². The summed E-state index contributed by atoms with van der Waals surface area (Å²) in [5.74, 6) is 0. The van der Waals surface area contributed by atoms with Gasteiger partial charge in [-0.3, -0.25) is 0 Å². The van der Waals surface area contributed by atoms with Crippen LogP contribution in [0.3, 0.4) is 0 Å². The molecule has 0 aromatic heterocycles. The van der Waals surface area contributed by atoms with Gasteiger partial charge < -0.3 is 24.8 Å². The van der Waals surface area contributed by atoms with Crippen LogP contribution >= 0.6 is 0 Å². The Morgan fingerprint density at radius 3 is 2.00 bits per heavy atom. The average Bonchev–Trinajstić information content (AvgIpc) is 1.61. The third-order valence-electron chi connectivity index (χ3n) is 0.466. The second kappa shape index (κ2) is 15.7. The number of hydrogen-bond donors (Lipinski definition) is 0. The van der Waals surface area contributed by atoms with Gasteiger partial charge in [0.2, 0.25) is 0 Å². The molecule has 0 fully saturated rings. The van der Waals surface area contributed by atoms with E-state index in [1.807, 2.05) is 6.92 Å². The molecule has 0 aliphatic heterocycles. The van der Waals surface area contributed by atoms with Crippen LogP contribution in [0.1, 0.15) is 6.92 Å². The summed E-state index contributed by atoms with van der Waals surface area (Å²) >= 11 is 2.60. The van der Waals surface area contributed by atoms with Gasteiger partial charge in [0, 0.05) is 0 Å². The minimum absolute atomic E-state index is 0. The summed E-state index contributed by atoms with van der Waals surface area (Å²) in [5, 5.41) is 1.05. The Labute approximate surface area is 71.4 Å². The van der Waals surface area contributed by atoms with Gasteiger partial charge in [0.15, 0.2) is 0 Å². The van der Waals surface area contributed by atoms with E-state index in [9.17, 15) is 0 Å². The zero-order valence-corrected chi connectivity index (χ0v) is 7.53. The molecule has 0 rings (SSSR count). The van der Waals surface area contributed by atoms with Crippen molar-refractivity contribution in [3.8, 4) is 0 Å². The van der Waals surface area contributed by atoms with E-state index < -0.39 is 0 Å². The third kappa shape index (κ3) is 15.7. The predicted molar refractivity (Wildman–Crippen MR) is 27.1 cm³/mol. The second-order valence-corrected chi connectivity index (χ2v) is 1.56. The molecule has 0 aromatic carbocycles. The number of hydrogen-bond acceptors (Lipinski definition) is 1. The fourth-order valence-corrected chi connectivity index (χ4v) is 0.394. The van der Waals surface area contributed by atoms with Crippen molar-refractivity contribution in [3.05, 3.63) is 0 Å². The summed E-state index contributed by atoms with van der Waals surface area (Å²) < 4.78 is 4.96. The Hall–Kier alpha value is 1.07. The van der Waals surface area contributed by atoms with E-state index in [4.69, 9.17) is 4.74 Å². The topological polar surface area (TPSA) is 9.23 Å². The van der Waals surface area contributed by atoms with Crippen LogP contribution in [0.15, 0.2) is 0 Å². The predicted octanol–water partition coefficient (Wildman–Crippen LogP) is -5.38. The van der Waals surface area contributed by atoms with E-state index in [0.717, 1.165) is 18.5 Å². The fourth-order valence-electron chi connectivity index (χ4n) is 0.228. The van der Waals surface area contributed by atoms with Crippen molar-refractivity contribution in [2.24, 2.45) is 0 Å². The SMILES string of the molecule is CCOC[CH2][Al+2].[Cl-].[Cl-]. The van der Waals surface area contributed by atoms with Gasteiger partial charge in [0.1, 0.15) is 0 Å². The van der Waals surface area contributed by atoms with E-state index in [1.165, 1.54) is 0 Å². The van der Waals surface area contributed by atoms with Crippen LogP contribution in [0.2, 0.25) is 5.28 Å². The molecule has 0 heterocycles. The molecule has 4 heteroatoms. The molecule has 0 saturated heterocycles. The Morgan fingerprint density at radius 2 is 1.88 bits per heavy atom. The maximum absolute atomic E-state index is 4.96. The molecule has 0 aromatic rings. The van der Waals surface area contributed by atoms with Crippen molar-refractivity contribution in [2.45, 2.75) is 12.2 Å². The second-order valence-electron chi connectivity index (χ2n) is 0.986. The van der Waals surface area contributed by atoms with Crippen molar-refractivity contribution in [1.82, 2.24) is 0 Å².